The van der Waals surface area contributed by atoms with Crippen LogP contribution in [-0.2, 0) is 21.4 Å². The summed E-state index contributed by atoms with van der Waals surface area (Å²) in [5.41, 5.74) is 0.432. The van der Waals surface area contributed by atoms with E-state index in [0.717, 1.165) is 0 Å². The maximum atomic E-state index is 12.7. The Hall–Kier alpha value is -1.84. The summed E-state index contributed by atoms with van der Waals surface area (Å²) >= 11 is 3.18. The van der Waals surface area contributed by atoms with Crippen molar-refractivity contribution in [3.8, 4) is 5.75 Å². The van der Waals surface area contributed by atoms with Gasteiger partial charge in [-0.05, 0) is 46.3 Å². The Labute approximate surface area is 148 Å². The maximum Gasteiger partial charge on any atom is 0.264 e. The van der Waals surface area contributed by atoms with Gasteiger partial charge < -0.3 is 14.1 Å². The van der Waals surface area contributed by atoms with Crippen molar-refractivity contribution < 1.29 is 22.4 Å². The summed E-state index contributed by atoms with van der Waals surface area (Å²) in [6.45, 7) is 0.0408. The van der Waals surface area contributed by atoms with E-state index in [1.807, 2.05) is 0 Å². The Morgan fingerprint density at radius 1 is 1.29 bits per heavy atom. The van der Waals surface area contributed by atoms with Crippen molar-refractivity contribution >= 4 is 37.5 Å². The van der Waals surface area contributed by atoms with Gasteiger partial charge in [-0.15, -0.1) is 0 Å². The molecule has 128 valence electrons. The Bertz CT molecular complexity index is 893. The Balaban J connectivity index is 1.91. The number of ether oxygens (including phenoxy) is 1. The fourth-order valence-corrected chi connectivity index (χ4v) is 3.83. The predicted molar refractivity (Wildman–Crippen MR) is 90.4 cm³/mol. The minimum atomic E-state index is -3.74. The minimum Gasteiger partial charge on any atom is -0.482 e. The molecule has 0 bridgehead atoms. The van der Waals surface area contributed by atoms with Crippen LogP contribution in [0.2, 0.25) is 0 Å². The van der Waals surface area contributed by atoms with Crippen molar-refractivity contribution in [1.82, 2.24) is 4.31 Å². The van der Waals surface area contributed by atoms with Crippen molar-refractivity contribution in [1.29, 1.82) is 0 Å². The highest BCUT2D eigenvalue weighted by Gasteiger charge is 2.27. The molecule has 0 N–H and O–H groups in total. The van der Waals surface area contributed by atoms with Gasteiger partial charge in [-0.2, -0.15) is 4.31 Å². The first-order chi connectivity index (χ1) is 11.3. The second-order valence-electron chi connectivity index (χ2n) is 5.34. The fourth-order valence-electron chi connectivity index (χ4n) is 2.33. The monoisotopic (exact) mass is 414 g/mol. The molecule has 24 heavy (non-hydrogen) atoms. The molecule has 1 aliphatic heterocycles. The van der Waals surface area contributed by atoms with Gasteiger partial charge in [0.15, 0.2) is 11.3 Å². The van der Waals surface area contributed by atoms with E-state index in [1.165, 1.54) is 28.4 Å². The number of carbonyl (C=O) groups is 1. The molecular weight excluding hydrogens is 400 g/mol. The average molecular weight is 415 g/mol. The number of fused-ring (bicyclic) bond motifs is 1. The van der Waals surface area contributed by atoms with Crippen LogP contribution in [0.25, 0.3) is 0 Å². The topological polar surface area (TPSA) is 80.1 Å². The lowest BCUT2D eigenvalue weighted by molar-refractivity contribution is -0.120. The number of nitrogens with zero attached hydrogens (tertiary/aromatic N) is 2. The molecule has 0 saturated heterocycles. The van der Waals surface area contributed by atoms with Crippen LogP contribution in [0, 0.1) is 0 Å². The van der Waals surface area contributed by atoms with E-state index in [4.69, 9.17) is 9.15 Å². The second-order valence-corrected chi connectivity index (χ2v) is 8.16. The zero-order valence-corrected chi connectivity index (χ0v) is 15.4. The lowest BCUT2D eigenvalue weighted by Gasteiger charge is -2.26. The molecule has 0 saturated carbocycles. The van der Waals surface area contributed by atoms with Crippen LogP contribution in [0.4, 0.5) is 5.69 Å². The average Bonchev–Trinajstić information content (AvgIpc) is 2.95. The van der Waals surface area contributed by atoms with E-state index in [0.29, 0.717) is 21.9 Å². The number of rotatable bonds is 4. The molecule has 3 rings (SSSR count). The third-order valence-electron chi connectivity index (χ3n) is 3.73. The van der Waals surface area contributed by atoms with Crippen LogP contribution in [-0.4, -0.2) is 39.3 Å². The molecular formula is C15H15BrN2O5S. The number of anilines is 1. The maximum absolute atomic E-state index is 12.7. The molecule has 0 unspecified atom stereocenters. The number of halogens is 1. The quantitative estimate of drug-likeness (QED) is 0.765. The zero-order valence-electron chi connectivity index (χ0n) is 13.0. The van der Waals surface area contributed by atoms with Crippen molar-refractivity contribution in [2.75, 3.05) is 25.6 Å². The first-order valence-corrected chi connectivity index (χ1v) is 9.26. The van der Waals surface area contributed by atoms with Gasteiger partial charge in [-0.3, -0.25) is 4.79 Å². The zero-order chi connectivity index (χ0) is 17.5. The third kappa shape index (κ3) is 3.06. The van der Waals surface area contributed by atoms with E-state index >= 15 is 0 Å². The normalized spacial score (nSPS) is 14.7. The van der Waals surface area contributed by atoms with E-state index in [2.05, 4.69) is 15.9 Å². The van der Waals surface area contributed by atoms with Gasteiger partial charge in [0.25, 0.3) is 5.91 Å². The minimum absolute atomic E-state index is 0.0527. The summed E-state index contributed by atoms with van der Waals surface area (Å²) in [6.07, 6.45) is 0. The van der Waals surface area contributed by atoms with Gasteiger partial charge in [0.1, 0.15) is 11.5 Å². The van der Waals surface area contributed by atoms with Crippen molar-refractivity contribution in [3.63, 3.8) is 0 Å². The second kappa shape index (κ2) is 6.23. The summed E-state index contributed by atoms with van der Waals surface area (Å²) in [5, 5.41) is 0. The lowest BCUT2D eigenvalue weighted by Crippen LogP contribution is -2.35. The summed E-state index contributed by atoms with van der Waals surface area (Å²) in [5.74, 6) is 0.765. The highest BCUT2D eigenvalue weighted by molar-refractivity contribution is 9.10. The largest absolute Gasteiger partial charge is 0.482 e. The van der Waals surface area contributed by atoms with E-state index < -0.39 is 10.0 Å². The molecule has 1 aliphatic rings. The number of benzene rings is 1. The van der Waals surface area contributed by atoms with E-state index in [-0.39, 0.29) is 24.0 Å². The Morgan fingerprint density at radius 2 is 2.04 bits per heavy atom. The van der Waals surface area contributed by atoms with E-state index in [9.17, 15) is 13.2 Å². The smallest absolute Gasteiger partial charge is 0.264 e. The van der Waals surface area contributed by atoms with Gasteiger partial charge in [0.2, 0.25) is 10.0 Å². The molecule has 0 radical (unpaired) electrons. The highest BCUT2D eigenvalue weighted by atomic mass is 79.9. The van der Waals surface area contributed by atoms with Crippen molar-refractivity contribution in [2.24, 2.45) is 0 Å². The number of hydrogen-bond donors (Lipinski definition) is 0. The number of carbonyl (C=O) groups excluding carboxylic acids is 1. The van der Waals surface area contributed by atoms with Crippen LogP contribution < -0.4 is 9.64 Å². The fraction of sp³-hybridized carbons (Fsp3) is 0.267. The molecule has 0 spiro atoms. The summed E-state index contributed by atoms with van der Waals surface area (Å²) in [4.78, 5) is 13.2. The molecule has 1 aromatic carbocycles. The molecule has 9 heteroatoms. The molecule has 7 nitrogen and oxygen atoms in total. The highest BCUT2D eigenvalue weighted by Crippen LogP contribution is 2.34. The first kappa shape index (κ1) is 17.0. The number of likely N-dealkylation sites (N-methyl/N-ethyl adjacent to an activating group) is 1. The van der Waals surface area contributed by atoms with Crippen molar-refractivity contribution in [3.05, 3.63) is 40.8 Å². The molecule has 0 atom stereocenters. The number of amides is 1. The Kier molecular flexibility index (Phi) is 4.41. The van der Waals surface area contributed by atoms with Gasteiger partial charge in [0.05, 0.1) is 17.1 Å². The van der Waals surface area contributed by atoms with Gasteiger partial charge in [0, 0.05) is 14.1 Å². The van der Waals surface area contributed by atoms with Gasteiger partial charge in [-0.1, -0.05) is 0 Å². The number of furan rings is 1. The van der Waals surface area contributed by atoms with Gasteiger partial charge in [-0.25, -0.2) is 8.42 Å². The molecule has 1 aromatic heterocycles. The van der Waals surface area contributed by atoms with Crippen LogP contribution in [0.1, 0.15) is 5.76 Å². The van der Waals surface area contributed by atoms with E-state index in [1.54, 1.807) is 25.2 Å². The Morgan fingerprint density at radius 3 is 2.71 bits per heavy atom. The predicted octanol–water partition coefficient (Wildman–Crippen LogP) is 2.22. The molecule has 2 heterocycles. The SMILES string of the molecule is CN1C(=O)COc2ccc(S(=O)(=O)N(C)Cc3ccc(Br)o3)cc21. The molecule has 2 aromatic rings. The summed E-state index contributed by atoms with van der Waals surface area (Å²) in [6, 6.07) is 7.86. The van der Waals surface area contributed by atoms with Crippen LogP contribution in [0.5, 0.6) is 5.75 Å². The molecule has 0 fully saturated rings. The molecule has 0 aliphatic carbocycles. The van der Waals surface area contributed by atoms with Crippen LogP contribution >= 0.6 is 15.9 Å². The number of hydrogen-bond acceptors (Lipinski definition) is 5. The summed E-state index contributed by atoms with van der Waals surface area (Å²) in [7, 11) is -0.681. The van der Waals surface area contributed by atoms with Crippen LogP contribution in [0.3, 0.4) is 0 Å². The molecule has 1 amide bonds. The number of sulfonamides is 1. The van der Waals surface area contributed by atoms with Crippen LogP contribution in [0.15, 0.2) is 44.3 Å². The summed E-state index contributed by atoms with van der Waals surface area (Å²) < 4.78 is 37.9. The van der Waals surface area contributed by atoms with Gasteiger partial charge >= 0.3 is 0 Å². The lowest BCUT2D eigenvalue weighted by atomic mass is 10.2. The standard InChI is InChI=1S/C15H15BrN2O5S/c1-17(8-10-3-6-14(16)23-10)24(20,21)11-4-5-13-12(7-11)18(2)15(19)9-22-13/h3-7H,8-9H2,1-2H3. The third-order valence-corrected chi connectivity index (χ3v) is 5.96. The first-order valence-electron chi connectivity index (χ1n) is 7.03. The van der Waals surface area contributed by atoms with Crippen molar-refractivity contribution in [2.45, 2.75) is 11.4 Å².